The smallest absolute Gasteiger partial charge is 0.268 e. The first-order chi connectivity index (χ1) is 22.5. The highest BCUT2D eigenvalue weighted by molar-refractivity contribution is 7.45. The minimum absolute atomic E-state index is 0.0118. The maximum atomic E-state index is 12.8. The van der Waals surface area contributed by atoms with Crippen molar-refractivity contribution in [1.82, 2.24) is 5.32 Å². The molecule has 0 aromatic heterocycles. The molecule has 0 saturated carbocycles. The number of likely N-dealkylation sites (N-methyl/N-ethyl adjacent to an activating group) is 1. The van der Waals surface area contributed by atoms with E-state index < -0.39 is 20.0 Å². The average molecular weight is 689 g/mol. The second-order valence-corrected chi connectivity index (χ2v) is 16.0. The van der Waals surface area contributed by atoms with Gasteiger partial charge in [-0.15, -0.1) is 0 Å². The van der Waals surface area contributed by atoms with Crippen LogP contribution in [0.15, 0.2) is 12.2 Å². The Labute approximate surface area is 291 Å². The summed E-state index contributed by atoms with van der Waals surface area (Å²) >= 11 is 0. The molecule has 0 saturated heterocycles. The molecule has 1 amide bonds. The van der Waals surface area contributed by atoms with Crippen LogP contribution in [0.1, 0.15) is 174 Å². The normalized spacial score (nSPS) is 14.8. The molecule has 0 fully saturated rings. The van der Waals surface area contributed by atoms with Crippen molar-refractivity contribution in [2.75, 3.05) is 40.9 Å². The van der Waals surface area contributed by atoms with Gasteiger partial charge in [0.2, 0.25) is 5.91 Å². The van der Waals surface area contributed by atoms with Gasteiger partial charge in [-0.1, -0.05) is 142 Å². The van der Waals surface area contributed by atoms with Crippen LogP contribution in [-0.4, -0.2) is 68.5 Å². The van der Waals surface area contributed by atoms with Gasteiger partial charge >= 0.3 is 0 Å². The Morgan fingerprint density at radius 1 is 0.723 bits per heavy atom. The molecule has 0 aliphatic carbocycles. The highest BCUT2D eigenvalue weighted by atomic mass is 31.2. The SMILES string of the molecule is CCCCCCCC/C=C/CCCCCCCC(=O)N[C@@H](COP(=O)([O-])OCC[N+](C)(C)C)[C@H](O)CCCCCCCCCCCC. The fraction of sp³-hybridized carbons (Fsp3) is 0.921. The Kier molecular flexibility index (Phi) is 30.7. The molecule has 0 rings (SSSR count). The van der Waals surface area contributed by atoms with Crippen molar-refractivity contribution in [2.45, 2.75) is 187 Å². The molecule has 0 aromatic carbocycles. The van der Waals surface area contributed by atoms with Gasteiger partial charge in [-0.3, -0.25) is 9.36 Å². The lowest BCUT2D eigenvalue weighted by Gasteiger charge is -2.30. The van der Waals surface area contributed by atoms with Crippen molar-refractivity contribution in [2.24, 2.45) is 0 Å². The first-order valence-corrected chi connectivity index (χ1v) is 21.0. The lowest BCUT2D eigenvalue weighted by molar-refractivity contribution is -0.870. The summed E-state index contributed by atoms with van der Waals surface area (Å²) < 4.78 is 23.1. The summed E-state index contributed by atoms with van der Waals surface area (Å²) in [6.45, 7) is 4.67. The predicted octanol–water partition coefficient (Wildman–Crippen LogP) is 9.39. The van der Waals surface area contributed by atoms with Gasteiger partial charge in [-0.05, 0) is 38.5 Å². The molecule has 0 aliphatic rings. The molecule has 9 heteroatoms. The lowest BCUT2D eigenvalue weighted by atomic mass is 10.0. The average Bonchev–Trinajstić information content (AvgIpc) is 3.01. The van der Waals surface area contributed by atoms with Crippen LogP contribution < -0.4 is 10.2 Å². The number of carbonyl (C=O) groups is 1. The van der Waals surface area contributed by atoms with E-state index >= 15 is 0 Å². The third-order valence-electron chi connectivity index (χ3n) is 8.75. The van der Waals surface area contributed by atoms with E-state index in [1.165, 1.54) is 96.3 Å². The summed E-state index contributed by atoms with van der Waals surface area (Å²) in [6, 6.07) is -0.798. The number of nitrogens with one attached hydrogen (secondary N) is 1. The molecule has 280 valence electrons. The minimum Gasteiger partial charge on any atom is -0.756 e. The summed E-state index contributed by atoms with van der Waals surface area (Å²) in [5, 5.41) is 13.8. The second kappa shape index (κ2) is 31.2. The number of quaternary nitrogens is 1. The minimum atomic E-state index is -4.55. The van der Waals surface area contributed by atoms with E-state index in [2.05, 4.69) is 31.3 Å². The summed E-state index contributed by atoms with van der Waals surface area (Å²) in [5.74, 6) is -0.176. The number of hydrogen-bond acceptors (Lipinski definition) is 6. The number of rotatable bonds is 35. The topological polar surface area (TPSA) is 108 Å². The second-order valence-electron chi connectivity index (χ2n) is 14.6. The Morgan fingerprint density at radius 3 is 1.66 bits per heavy atom. The summed E-state index contributed by atoms with van der Waals surface area (Å²) in [5.41, 5.74) is 0. The van der Waals surface area contributed by atoms with Gasteiger partial charge in [0.25, 0.3) is 7.82 Å². The van der Waals surface area contributed by atoms with E-state index in [0.29, 0.717) is 23.9 Å². The molecular formula is C38H77N2O6P. The third-order valence-corrected chi connectivity index (χ3v) is 9.72. The molecule has 0 heterocycles. The molecule has 0 aromatic rings. The highest BCUT2D eigenvalue weighted by Crippen LogP contribution is 2.38. The van der Waals surface area contributed by atoms with Gasteiger partial charge < -0.3 is 28.8 Å². The Hall–Kier alpha value is -0.760. The van der Waals surface area contributed by atoms with Crippen LogP contribution in [0.3, 0.4) is 0 Å². The standard InChI is InChI=1S/C38H77N2O6P/c1-6-8-10-12-14-16-18-19-20-21-22-24-26-28-30-32-38(42)39-36(35-46-47(43,44)45-34-33-40(3,4)5)37(41)31-29-27-25-23-17-15-13-11-9-7-2/h19-20,36-37,41H,6-18,21-35H2,1-5H3,(H-,39,42,43,44)/b20-19+/t36-,37+/m0/s1. The molecule has 0 aliphatic heterocycles. The molecule has 0 radical (unpaired) electrons. The molecular weight excluding hydrogens is 611 g/mol. The number of hydrogen-bond donors (Lipinski definition) is 2. The van der Waals surface area contributed by atoms with Crippen molar-refractivity contribution >= 4 is 13.7 Å². The third kappa shape index (κ3) is 33.5. The number of allylic oxidation sites excluding steroid dienone is 2. The van der Waals surface area contributed by atoms with Crippen LogP contribution in [0.25, 0.3) is 0 Å². The van der Waals surface area contributed by atoms with Gasteiger partial charge in [0.1, 0.15) is 13.2 Å². The van der Waals surface area contributed by atoms with Crippen LogP contribution in [0.2, 0.25) is 0 Å². The van der Waals surface area contributed by atoms with Crippen molar-refractivity contribution in [3.05, 3.63) is 12.2 Å². The summed E-state index contributed by atoms with van der Waals surface area (Å²) in [4.78, 5) is 25.2. The number of carbonyl (C=O) groups excluding carboxylic acids is 1. The van der Waals surface area contributed by atoms with E-state index in [4.69, 9.17) is 9.05 Å². The quantitative estimate of drug-likeness (QED) is 0.0297. The summed E-state index contributed by atoms with van der Waals surface area (Å²) in [7, 11) is 1.30. The van der Waals surface area contributed by atoms with Crippen molar-refractivity contribution < 1.29 is 32.9 Å². The molecule has 0 bridgehead atoms. The van der Waals surface area contributed by atoms with E-state index in [1.54, 1.807) is 0 Å². The van der Waals surface area contributed by atoms with E-state index in [-0.39, 0.29) is 19.1 Å². The number of aliphatic hydroxyl groups is 1. The van der Waals surface area contributed by atoms with Crippen LogP contribution in [0.5, 0.6) is 0 Å². The van der Waals surface area contributed by atoms with Crippen LogP contribution in [0.4, 0.5) is 0 Å². The number of phosphoric ester groups is 1. The van der Waals surface area contributed by atoms with E-state index in [9.17, 15) is 19.4 Å². The molecule has 8 nitrogen and oxygen atoms in total. The first-order valence-electron chi connectivity index (χ1n) is 19.5. The Morgan fingerprint density at radius 2 is 1.17 bits per heavy atom. The zero-order chi connectivity index (χ0) is 35.1. The molecule has 2 N–H and O–H groups in total. The number of phosphoric acid groups is 1. The van der Waals surface area contributed by atoms with Gasteiger partial charge in [-0.2, -0.15) is 0 Å². The predicted molar refractivity (Wildman–Crippen MR) is 196 cm³/mol. The largest absolute Gasteiger partial charge is 0.756 e. The van der Waals surface area contributed by atoms with E-state index in [0.717, 1.165) is 51.4 Å². The zero-order valence-electron chi connectivity index (χ0n) is 31.5. The maximum Gasteiger partial charge on any atom is 0.268 e. The molecule has 0 spiro atoms. The van der Waals surface area contributed by atoms with Gasteiger partial charge in [0.05, 0.1) is 39.9 Å². The zero-order valence-corrected chi connectivity index (χ0v) is 32.4. The van der Waals surface area contributed by atoms with Crippen LogP contribution >= 0.6 is 7.82 Å². The van der Waals surface area contributed by atoms with Crippen molar-refractivity contribution in [1.29, 1.82) is 0 Å². The highest BCUT2D eigenvalue weighted by Gasteiger charge is 2.24. The Balaban J connectivity index is 4.43. The first kappa shape index (κ1) is 46.2. The van der Waals surface area contributed by atoms with Gasteiger partial charge in [0.15, 0.2) is 0 Å². The van der Waals surface area contributed by atoms with Gasteiger partial charge in [-0.25, -0.2) is 0 Å². The van der Waals surface area contributed by atoms with Crippen molar-refractivity contribution in [3.8, 4) is 0 Å². The molecule has 1 unspecified atom stereocenters. The monoisotopic (exact) mass is 689 g/mol. The summed E-state index contributed by atoms with van der Waals surface area (Å²) in [6.07, 6.45) is 32.1. The molecule has 3 atom stereocenters. The fourth-order valence-electron chi connectivity index (χ4n) is 5.56. The number of aliphatic hydroxyl groups excluding tert-OH is 1. The van der Waals surface area contributed by atoms with Crippen LogP contribution in [0, 0.1) is 0 Å². The number of nitrogens with zero attached hydrogens (tertiary/aromatic N) is 1. The molecule has 47 heavy (non-hydrogen) atoms. The fourth-order valence-corrected chi connectivity index (χ4v) is 6.28. The Bertz CT molecular complexity index is 789. The number of amides is 1. The van der Waals surface area contributed by atoms with Crippen molar-refractivity contribution in [3.63, 3.8) is 0 Å². The maximum absolute atomic E-state index is 12.8. The van der Waals surface area contributed by atoms with Gasteiger partial charge in [0, 0.05) is 6.42 Å². The lowest BCUT2D eigenvalue weighted by Crippen LogP contribution is -2.46. The van der Waals surface area contributed by atoms with Crippen LogP contribution in [-0.2, 0) is 18.4 Å². The van der Waals surface area contributed by atoms with E-state index in [1.807, 2.05) is 21.1 Å². The number of unbranched alkanes of at least 4 members (excludes halogenated alkanes) is 20.